The lowest BCUT2D eigenvalue weighted by Gasteiger charge is -2.38. The van der Waals surface area contributed by atoms with Gasteiger partial charge in [-0.05, 0) is 49.6 Å². The van der Waals surface area contributed by atoms with Gasteiger partial charge in [0.1, 0.15) is 11.3 Å². The maximum atomic E-state index is 12.1. The summed E-state index contributed by atoms with van der Waals surface area (Å²) in [6, 6.07) is 14.7. The Labute approximate surface area is 163 Å². The van der Waals surface area contributed by atoms with Crippen LogP contribution in [0, 0.1) is 6.92 Å². The number of phenols is 1. The lowest BCUT2D eigenvalue weighted by atomic mass is 9.92. The first-order valence-electron chi connectivity index (χ1n) is 9.77. The van der Waals surface area contributed by atoms with Crippen LogP contribution in [0.1, 0.15) is 42.1 Å². The third kappa shape index (κ3) is 3.55. The van der Waals surface area contributed by atoms with E-state index in [-0.39, 0.29) is 11.8 Å². The van der Waals surface area contributed by atoms with Crippen LogP contribution in [0.2, 0.25) is 0 Å². The molecule has 0 radical (unpaired) electrons. The van der Waals surface area contributed by atoms with E-state index in [1.54, 1.807) is 19.1 Å². The quantitative estimate of drug-likeness (QED) is 0.673. The summed E-state index contributed by atoms with van der Waals surface area (Å²) >= 11 is 0. The second-order valence-electron chi connectivity index (χ2n) is 7.57. The maximum absolute atomic E-state index is 12.1. The summed E-state index contributed by atoms with van der Waals surface area (Å²) in [5.41, 5.74) is 2.35. The minimum atomic E-state index is -0.571. The number of phenolic OH excluding ortho intramolecular Hbond substituents is 1. The summed E-state index contributed by atoms with van der Waals surface area (Å²) in [7, 11) is 0. The number of aryl methyl sites for hydroxylation is 1. The van der Waals surface area contributed by atoms with Gasteiger partial charge < -0.3 is 14.6 Å². The average molecular weight is 379 g/mol. The van der Waals surface area contributed by atoms with Crippen molar-refractivity contribution in [1.29, 1.82) is 0 Å². The van der Waals surface area contributed by atoms with Gasteiger partial charge in [-0.25, -0.2) is 4.79 Å². The van der Waals surface area contributed by atoms with Crippen molar-refractivity contribution < 1.29 is 14.6 Å². The van der Waals surface area contributed by atoms with E-state index in [2.05, 4.69) is 4.90 Å². The summed E-state index contributed by atoms with van der Waals surface area (Å²) in [6.07, 6.45) is 2.49. The maximum Gasteiger partial charge on any atom is 0.336 e. The lowest BCUT2D eigenvalue weighted by Crippen LogP contribution is -2.42. The second kappa shape index (κ2) is 7.78. The number of nitrogens with zero attached hydrogens (tertiary/aromatic N) is 1. The van der Waals surface area contributed by atoms with Crippen LogP contribution in [-0.2, 0) is 6.54 Å². The van der Waals surface area contributed by atoms with Crippen LogP contribution >= 0.6 is 0 Å². The van der Waals surface area contributed by atoms with Crippen molar-refractivity contribution >= 4 is 11.0 Å². The summed E-state index contributed by atoms with van der Waals surface area (Å²) in [5.74, 6) is 0.114. The van der Waals surface area contributed by atoms with Crippen LogP contribution in [0.15, 0.2) is 57.7 Å². The number of benzene rings is 2. The van der Waals surface area contributed by atoms with Crippen LogP contribution in [0.25, 0.3) is 11.0 Å². The molecule has 3 aromatic rings. The Bertz CT molecular complexity index is 1030. The van der Waals surface area contributed by atoms with Crippen LogP contribution in [0.4, 0.5) is 0 Å². The first-order valence-corrected chi connectivity index (χ1v) is 9.77. The van der Waals surface area contributed by atoms with E-state index in [1.807, 2.05) is 30.3 Å². The highest BCUT2D eigenvalue weighted by atomic mass is 16.4. The summed E-state index contributed by atoms with van der Waals surface area (Å²) in [6.45, 7) is 3.17. The van der Waals surface area contributed by atoms with E-state index in [4.69, 9.17) is 4.42 Å². The van der Waals surface area contributed by atoms with Gasteiger partial charge in [0, 0.05) is 29.6 Å². The number of aliphatic hydroxyl groups excluding tert-OH is 1. The van der Waals surface area contributed by atoms with Crippen LogP contribution in [-0.4, -0.2) is 27.7 Å². The van der Waals surface area contributed by atoms with E-state index >= 15 is 0 Å². The van der Waals surface area contributed by atoms with Crippen molar-refractivity contribution in [2.45, 2.75) is 44.9 Å². The van der Waals surface area contributed by atoms with Gasteiger partial charge in [-0.3, -0.25) is 4.90 Å². The second-order valence-corrected chi connectivity index (χ2v) is 7.57. The molecule has 0 spiro atoms. The van der Waals surface area contributed by atoms with Crippen molar-refractivity contribution in [2.24, 2.45) is 0 Å². The number of hydrogen-bond acceptors (Lipinski definition) is 5. The van der Waals surface area contributed by atoms with Gasteiger partial charge in [-0.2, -0.15) is 0 Å². The highest BCUT2D eigenvalue weighted by Gasteiger charge is 2.30. The fraction of sp³-hybridized carbons (Fsp3) is 0.348. The zero-order valence-electron chi connectivity index (χ0n) is 16.0. The zero-order valence-corrected chi connectivity index (χ0v) is 16.0. The molecule has 1 saturated heterocycles. The summed E-state index contributed by atoms with van der Waals surface area (Å²) < 4.78 is 5.36. The van der Waals surface area contributed by atoms with E-state index in [0.29, 0.717) is 17.7 Å². The Hall–Kier alpha value is -2.63. The third-order valence-corrected chi connectivity index (χ3v) is 5.76. The molecule has 2 N–H and O–H groups in total. The zero-order chi connectivity index (χ0) is 19.7. The van der Waals surface area contributed by atoms with E-state index in [9.17, 15) is 15.0 Å². The Morgan fingerprint density at radius 1 is 1.18 bits per heavy atom. The highest BCUT2D eigenvalue weighted by Crippen LogP contribution is 2.32. The van der Waals surface area contributed by atoms with Crippen LogP contribution in [0.5, 0.6) is 5.75 Å². The predicted octanol–water partition coefficient (Wildman–Crippen LogP) is 3.90. The molecule has 1 aromatic heterocycles. The molecule has 5 nitrogen and oxygen atoms in total. The van der Waals surface area contributed by atoms with Crippen LogP contribution in [0.3, 0.4) is 0 Å². The van der Waals surface area contributed by atoms with Crippen molar-refractivity contribution in [1.82, 2.24) is 4.90 Å². The normalized spacial score (nSPS) is 19.0. The number of aliphatic hydroxyl groups is 1. The number of aromatic hydroxyl groups is 1. The number of likely N-dealkylation sites (tertiary alicyclic amines) is 1. The van der Waals surface area contributed by atoms with Gasteiger partial charge in [0.2, 0.25) is 0 Å². The number of fused-ring (bicyclic) bond motifs is 1. The molecule has 4 rings (SSSR count). The van der Waals surface area contributed by atoms with Crippen molar-refractivity contribution in [2.75, 3.05) is 6.54 Å². The number of hydrogen-bond donors (Lipinski definition) is 2. The molecule has 146 valence electrons. The summed E-state index contributed by atoms with van der Waals surface area (Å²) in [5, 5.41) is 21.8. The van der Waals surface area contributed by atoms with Gasteiger partial charge in [0.25, 0.3) is 0 Å². The Balaban J connectivity index is 1.69. The molecular formula is C23H25NO4. The molecule has 2 aromatic carbocycles. The number of rotatable bonds is 4. The van der Waals surface area contributed by atoms with Crippen molar-refractivity contribution in [3.05, 3.63) is 75.6 Å². The molecule has 1 fully saturated rings. The van der Waals surface area contributed by atoms with E-state index in [1.165, 1.54) is 6.07 Å². The fourth-order valence-electron chi connectivity index (χ4n) is 4.21. The Morgan fingerprint density at radius 3 is 2.75 bits per heavy atom. The SMILES string of the molecule is Cc1c(O)ccc2c(CN3CCCC[C@@H]3[C@@H](O)c3ccccc3)cc(=O)oc12. The largest absolute Gasteiger partial charge is 0.508 e. The van der Waals surface area contributed by atoms with Crippen LogP contribution < -0.4 is 5.63 Å². The first kappa shape index (κ1) is 18.7. The summed E-state index contributed by atoms with van der Waals surface area (Å²) in [4.78, 5) is 14.4. The standard InChI is InChI=1S/C23H25NO4/c1-15-20(25)11-10-18-17(13-21(26)28-23(15)18)14-24-12-6-5-9-19(24)22(27)16-7-3-2-4-8-16/h2-4,7-8,10-11,13,19,22,25,27H,5-6,9,12,14H2,1H3/t19-,22+/m1/s1. The third-order valence-electron chi connectivity index (χ3n) is 5.76. The molecular weight excluding hydrogens is 354 g/mol. The monoisotopic (exact) mass is 379 g/mol. The minimum absolute atomic E-state index is 0.00309. The van der Waals surface area contributed by atoms with Crippen molar-refractivity contribution in [3.63, 3.8) is 0 Å². The van der Waals surface area contributed by atoms with Gasteiger partial charge in [-0.1, -0.05) is 36.8 Å². The topological polar surface area (TPSA) is 73.9 Å². The lowest BCUT2D eigenvalue weighted by molar-refractivity contribution is 0.0204. The molecule has 0 aliphatic carbocycles. The Kier molecular flexibility index (Phi) is 5.20. The predicted molar refractivity (Wildman–Crippen MR) is 108 cm³/mol. The minimum Gasteiger partial charge on any atom is -0.508 e. The smallest absolute Gasteiger partial charge is 0.336 e. The van der Waals surface area contributed by atoms with E-state index < -0.39 is 11.7 Å². The fourth-order valence-corrected chi connectivity index (χ4v) is 4.21. The molecule has 2 atom stereocenters. The molecule has 0 unspecified atom stereocenters. The van der Waals surface area contributed by atoms with Gasteiger partial charge >= 0.3 is 5.63 Å². The van der Waals surface area contributed by atoms with E-state index in [0.717, 1.165) is 42.3 Å². The van der Waals surface area contributed by atoms with Gasteiger partial charge in [0.15, 0.2) is 0 Å². The average Bonchev–Trinajstić information content (AvgIpc) is 2.71. The Morgan fingerprint density at radius 2 is 1.96 bits per heavy atom. The molecule has 1 aliphatic rings. The molecule has 5 heteroatoms. The molecule has 28 heavy (non-hydrogen) atoms. The highest BCUT2D eigenvalue weighted by molar-refractivity contribution is 5.84. The molecule has 2 heterocycles. The number of piperidine rings is 1. The van der Waals surface area contributed by atoms with Crippen molar-refractivity contribution in [3.8, 4) is 5.75 Å². The van der Waals surface area contributed by atoms with Gasteiger partial charge in [-0.15, -0.1) is 0 Å². The molecule has 1 aliphatic heterocycles. The molecule has 0 amide bonds. The molecule has 0 bridgehead atoms. The first-order chi connectivity index (χ1) is 13.5. The molecule has 0 saturated carbocycles. The van der Waals surface area contributed by atoms with Gasteiger partial charge in [0.05, 0.1) is 6.10 Å².